The van der Waals surface area contributed by atoms with Crippen molar-refractivity contribution >= 4 is 17.6 Å². The Morgan fingerprint density at radius 2 is 1.95 bits per heavy atom. The summed E-state index contributed by atoms with van der Waals surface area (Å²) < 4.78 is 0. The monoisotopic (exact) mass is 402 g/mol. The number of carbonyl (C=O) groups excluding carboxylic acids is 1. The Kier molecular flexibility index (Phi) is 6.68. The van der Waals surface area contributed by atoms with E-state index in [0.29, 0.717) is 5.69 Å². The van der Waals surface area contributed by atoms with Gasteiger partial charge in [0, 0.05) is 68.8 Å². The van der Waals surface area contributed by atoms with Crippen molar-refractivity contribution in [1.82, 2.24) is 10.6 Å². The summed E-state index contributed by atoms with van der Waals surface area (Å²) in [6.45, 7) is 3.16. The molecule has 2 rings (SSSR count). The molecule has 1 fully saturated rings. The molecule has 0 unspecified atom stereocenters. The second-order valence-corrected chi connectivity index (χ2v) is 4.32. The predicted octanol–water partition coefficient (Wildman–Crippen LogP) is 0.154. The van der Waals surface area contributed by atoms with Crippen LogP contribution in [-0.2, 0) is 0 Å². The van der Waals surface area contributed by atoms with Crippen molar-refractivity contribution in [2.24, 2.45) is 0 Å². The van der Waals surface area contributed by atoms with Crippen molar-refractivity contribution in [3.63, 3.8) is 0 Å². The van der Waals surface area contributed by atoms with Crippen LogP contribution in [0.3, 0.4) is 0 Å². The molecule has 0 spiro atoms. The van der Waals surface area contributed by atoms with Crippen molar-refractivity contribution in [3.8, 4) is 0 Å². The Hall–Kier alpha value is -0.885. The summed E-state index contributed by atoms with van der Waals surface area (Å²) in [5.74, 6) is -1.46. The molecule has 3 N–H and O–H groups in total. The molecule has 1 aliphatic heterocycles. The number of piperazine rings is 1. The number of hydrogen-bond donors (Lipinski definition) is 3. The number of nitrogens with zero attached hydrogens (tertiary/aromatic N) is 1. The minimum absolute atomic E-state index is 0. The average molecular weight is 402 g/mol. The van der Waals surface area contributed by atoms with Gasteiger partial charge in [-0.1, -0.05) is 6.07 Å². The van der Waals surface area contributed by atoms with E-state index in [1.54, 1.807) is 12.1 Å². The number of amides is 1. The quantitative estimate of drug-likeness (QED) is 0.671. The standard InChI is InChI=1S/C13H17N3O3.La/c1-14-12(17)11-9(13(18)19)3-2-4-10(11)16-7-5-15-6-8-16;/h2-4,15H,5-8H2,1H3,(H,14,17)(H,18,19);. The Morgan fingerprint density at radius 1 is 1.30 bits per heavy atom. The molecule has 105 valence electrons. The third-order valence-corrected chi connectivity index (χ3v) is 3.18. The maximum Gasteiger partial charge on any atom is 0.336 e. The molecule has 1 aromatic carbocycles. The van der Waals surface area contributed by atoms with Gasteiger partial charge in [-0.05, 0) is 12.1 Å². The summed E-state index contributed by atoms with van der Waals surface area (Å²) in [6.07, 6.45) is 0. The van der Waals surface area contributed by atoms with Crippen molar-refractivity contribution in [3.05, 3.63) is 29.3 Å². The van der Waals surface area contributed by atoms with Crippen LogP contribution < -0.4 is 15.5 Å². The molecule has 0 saturated carbocycles. The zero-order chi connectivity index (χ0) is 13.8. The van der Waals surface area contributed by atoms with Crippen LogP contribution in [0.2, 0.25) is 0 Å². The second-order valence-electron chi connectivity index (χ2n) is 4.32. The molecule has 1 radical (unpaired) electrons. The molecule has 1 aromatic rings. The van der Waals surface area contributed by atoms with Gasteiger partial charge >= 0.3 is 5.97 Å². The number of carboxylic acid groups (broad SMARTS) is 1. The zero-order valence-corrected chi connectivity index (χ0v) is 15.0. The summed E-state index contributed by atoms with van der Waals surface area (Å²) in [4.78, 5) is 25.3. The predicted molar refractivity (Wildman–Crippen MR) is 71.9 cm³/mol. The normalized spacial score (nSPS) is 14.3. The first-order valence-electron chi connectivity index (χ1n) is 6.19. The topological polar surface area (TPSA) is 81.7 Å². The fourth-order valence-electron chi connectivity index (χ4n) is 2.25. The van der Waals surface area contributed by atoms with Gasteiger partial charge in [0.25, 0.3) is 5.91 Å². The van der Waals surface area contributed by atoms with E-state index in [-0.39, 0.29) is 52.6 Å². The molecule has 1 saturated heterocycles. The molecule has 6 nitrogen and oxygen atoms in total. The van der Waals surface area contributed by atoms with Crippen molar-refractivity contribution < 1.29 is 50.3 Å². The Balaban J connectivity index is 0.00000200. The van der Waals surface area contributed by atoms with E-state index in [0.717, 1.165) is 26.2 Å². The maximum absolute atomic E-state index is 12.0. The van der Waals surface area contributed by atoms with Crippen LogP contribution in [0.15, 0.2) is 18.2 Å². The van der Waals surface area contributed by atoms with Gasteiger partial charge in [0.15, 0.2) is 0 Å². The number of carbonyl (C=O) groups is 2. The molecular weight excluding hydrogens is 385 g/mol. The van der Waals surface area contributed by atoms with Crippen molar-refractivity contribution in [1.29, 1.82) is 0 Å². The van der Waals surface area contributed by atoms with Gasteiger partial charge < -0.3 is 20.6 Å². The van der Waals surface area contributed by atoms with Gasteiger partial charge in [-0.2, -0.15) is 0 Å². The molecule has 7 heteroatoms. The molecule has 0 bridgehead atoms. The fourth-order valence-corrected chi connectivity index (χ4v) is 2.25. The van der Waals surface area contributed by atoms with Gasteiger partial charge in [0.05, 0.1) is 16.8 Å². The van der Waals surface area contributed by atoms with Crippen LogP contribution >= 0.6 is 0 Å². The van der Waals surface area contributed by atoms with Crippen LogP contribution in [0.1, 0.15) is 20.7 Å². The van der Waals surface area contributed by atoms with E-state index in [9.17, 15) is 14.7 Å². The van der Waals surface area contributed by atoms with Crippen LogP contribution in [0.4, 0.5) is 5.69 Å². The van der Waals surface area contributed by atoms with Crippen LogP contribution in [-0.4, -0.2) is 50.2 Å². The second kappa shape index (κ2) is 7.78. The number of carboxylic acids is 1. The van der Waals surface area contributed by atoms with Gasteiger partial charge in [0.2, 0.25) is 0 Å². The SMILES string of the molecule is CNC(=O)c1c(C(=O)O)cccc1N1CCNCC1.[La]. The summed E-state index contributed by atoms with van der Waals surface area (Å²) in [5.41, 5.74) is 0.954. The van der Waals surface area contributed by atoms with Gasteiger partial charge in [-0.15, -0.1) is 0 Å². The van der Waals surface area contributed by atoms with Crippen LogP contribution in [0.5, 0.6) is 0 Å². The summed E-state index contributed by atoms with van der Waals surface area (Å²) in [6, 6.07) is 4.92. The van der Waals surface area contributed by atoms with E-state index < -0.39 is 5.97 Å². The van der Waals surface area contributed by atoms with Crippen molar-refractivity contribution in [2.75, 3.05) is 38.1 Å². The molecule has 1 amide bonds. The summed E-state index contributed by atoms with van der Waals surface area (Å²) in [5, 5.41) is 15.0. The number of anilines is 1. The van der Waals surface area contributed by atoms with Gasteiger partial charge in [-0.25, -0.2) is 4.79 Å². The number of rotatable bonds is 3. The van der Waals surface area contributed by atoms with E-state index in [4.69, 9.17) is 0 Å². The number of nitrogens with one attached hydrogen (secondary N) is 2. The van der Waals surface area contributed by atoms with E-state index in [1.165, 1.54) is 13.1 Å². The number of aromatic carboxylic acids is 1. The average Bonchev–Trinajstić information content (AvgIpc) is 2.46. The Morgan fingerprint density at radius 3 is 2.50 bits per heavy atom. The molecule has 0 aliphatic carbocycles. The minimum Gasteiger partial charge on any atom is -0.478 e. The Bertz CT molecular complexity index is 502. The van der Waals surface area contributed by atoms with E-state index in [2.05, 4.69) is 10.6 Å². The molecule has 20 heavy (non-hydrogen) atoms. The first kappa shape index (κ1) is 17.2. The smallest absolute Gasteiger partial charge is 0.336 e. The molecule has 1 heterocycles. The van der Waals surface area contributed by atoms with Crippen molar-refractivity contribution in [2.45, 2.75) is 0 Å². The first-order valence-corrected chi connectivity index (χ1v) is 6.19. The van der Waals surface area contributed by atoms with E-state index >= 15 is 0 Å². The largest absolute Gasteiger partial charge is 0.478 e. The minimum atomic E-state index is -1.09. The summed E-state index contributed by atoms with van der Waals surface area (Å²) in [7, 11) is 1.50. The molecule has 0 atom stereocenters. The molecule has 0 aromatic heterocycles. The van der Waals surface area contributed by atoms with Crippen LogP contribution in [0.25, 0.3) is 0 Å². The van der Waals surface area contributed by atoms with Gasteiger partial charge in [-0.3, -0.25) is 4.79 Å². The van der Waals surface area contributed by atoms with Gasteiger partial charge in [0.1, 0.15) is 0 Å². The zero-order valence-electron chi connectivity index (χ0n) is 11.3. The molecular formula is C13H17LaN3O3. The van der Waals surface area contributed by atoms with E-state index in [1.807, 2.05) is 4.90 Å². The summed E-state index contributed by atoms with van der Waals surface area (Å²) >= 11 is 0. The third kappa shape index (κ3) is 3.60. The maximum atomic E-state index is 12.0. The number of benzene rings is 1. The third-order valence-electron chi connectivity index (χ3n) is 3.18. The fraction of sp³-hybridized carbons (Fsp3) is 0.385. The molecule has 1 aliphatic rings. The Labute approximate surface area is 145 Å². The number of hydrogen-bond acceptors (Lipinski definition) is 4. The van der Waals surface area contributed by atoms with Crippen LogP contribution in [0, 0.1) is 35.6 Å². The first-order chi connectivity index (χ1) is 9.15.